The third-order valence-electron chi connectivity index (χ3n) is 2.82. The van der Waals surface area contributed by atoms with E-state index in [-0.39, 0.29) is 25.0 Å². The van der Waals surface area contributed by atoms with Crippen LogP contribution in [-0.4, -0.2) is 30.3 Å². The average Bonchev–Trinajstić information content (AvgIpc) is 2.34. The molecule has 0 saturated heterocycles. The van der Waals surface area contributed by atoms with E-state index in [2.05, 4.69) is 5.32 Å². The number of hydrogen-bond acceptors (Lipinski definition) is 3. The molecule has 0 aliphatic rings. The molecule has 0 bridgehead atoms. The number of benzene rings is 1. The maximum Gasteiger partial charge on any atom is 0.223 e. The van der Waals surface area contributed by atoms with Gasteiger partial charge in [-0.1, -0.05) is 12.1 Å². The monoisotopic (exact) mass is 251 g/mol. The minimum absolute atomic E-state index is 0.0520. The van der Waals surface area contributed by atoms with E-state index in [0.717, 1.165) is 11.3 Å². The largest absolute Gasteiger partial charge is 0.493 e. The molecular formula is C14H21NO3. The van der Waals surface area contributed by atoms with E-state index in [0.29, 0.717) is 6.61 Å². The molecule has 1 atom stereocenters. The van der Waals surface area contributed by atoms with Gasteiger partial charge in [-0.15, -0.1) is 0 Å². The first-order valence-corrected chi connectivity index (χ1v) is 6.13. The average molecular weight is 251 g/mol. The molecule has 100 valence electrons. The van der Waals surface area contributed by atoms with Gasteiger partial charge in [0.15, 0.2) is 0 Å². The summed E-state index contributed by atoms with van der Waals surface area (Å²) in [4.78, 5) is 11.5. The fourth-order valence-corrected chi connectivity index (χ4v) is 1.53. The molecule has 0 spiro atoms. The number of aryl methyl sites for hydroxylation is 1. The highest BCUT2D eigenvalue weighted by Crippen LogP contribution is 2.20. The first-order chi connectivity index (χ1) is 8.54. The Morgan fingerprint density at radius 2 is 2.17 bits per heavy atom. The van der Waals surface area contributed by atoms with Crippen molar-refractivity contribution in [2.24, 2.45) is 0 Å². The molecule has 1 rings (SSSR count). The summed E-state index contributed by atoms with van der Waals surface area (Å²) >= 11 is 0. The van der Waals surface area contributed by atoms with Crippen LogP contribution in [0, 0.1) is 13.8 Å². The number of aliphatic hydroxyl groups is 1. The van der Waals surface area contributed by atoms with Crippen molar-refractivity contribution in [3.8, 4) is 5.75 Å². The zero-order valence-corrected chi connectivity index (χ0v) is 11.2. The lowest BCUT2D eigenvalue weighted by atomic mass is 10.1. The van der Waals surface area contributed by atoms with Crippen molar-refractivity contribution in [3.05, 3.63) is 29.3 Å². The minimum Gasteiger partial charge on any atom is -0.493 e. The fraction of sp³-hybridized carbons (Fsp3) is 0.500. The lowest BCUT2D eigenvalue weighted by molar-refractivity contribution is -0.122. The number of carbonyl (C=O) groups is 1. The Morgan fingerprint density at radius 1 is 1.44 bits per heavy atom. The first-order valence-electron chi connectivity index (χ1n) is 6.13. The molecule has 0 heterocycles. The van der Waals surface area contributed by atoms with Crippen LogP contribution in [0.5, 0.6) is 5.75 Å². The summed E-state index contributed by atoms with van der Waals surface area (Å²) in [5.41, 5.74) is 2.27. The number of carbonyl (C=O) groups excluding carboxylic acids is 1. The van der Waals surface area contributed by atoms with Gasteiger partial charge in [-0.25, -0.2) is 0 Å². The number of rotatable bonds is 6. The van der Waals surface area contributed by atoms with Gasteiger partial charge in [-0.3, -0.25) is 4.79 Å². The summed E-state index contributed by atoms with van der Waals surface area (Å²) in [5, 5.41) is 11.5. The van der Waals surface area contributed by atoms with Crippen LogP contribution in [0.4, 0.5) is 0 Å². The molecule has 1 aromatic carbocycles. The summed E-state index contributed by atoms with van der Waals surface area (Å²) in [6.07, 6.45) is 0.289. The highest BCUT2D eigenvalue weighted by atomic mass is 16.5. The van der Waals surface area contributed by atoms with Gasteiger partial charge in [-0.05, 0) is 38.0 Å². The van der Waals surface area contributed by atoms with Crippen molar-refractivity contribution in [1.82, 2.24) is 5.32 Å². The second-order valence-electron chi connectivity index (χ2n) is 4.45. The highest BCUT2D eigenvalue weighted by molar-refractivity contribution is 5.76. The van der Waals surface area contributed by atoms with Crippen LogP contribution < -0.4 is 10.1 Å². The molecule has 2 N–H and O–H groups in total. The maximum absolute atomic E-state index is 11.5. The minimum atomic E-state index is -0.210. The van der Waals surface area contributed by atoms with Gasteiger partial charge in [0.25, 0.3) is 0 Å². The number of ether oxygens (including phenoxy) is 1. The Kier molecular flexibility index (Phi) is 5.65. The number of nitrogens with one attached hydrogen (secondary N) is 1. The zero-order valence-electron chi connectivity index (χ0n) is 11.2. The van der Waals surface area contributed by atoms with Crippen LogP contribution in [0.3, 0.4) is 0 Å². The molecule has 0 saturated carbocycles. The standard InChI is InChI=1S/C14H21NO3/c1-10-5-4-6-13(12(10)3)18-8-7-14(17)15-11(2)9-16/h4-6,11,16H,7-9H2,1-3H3,(H,15,17)/t11-/m0/s1. The summed E-state index contributed by atoms with van der Waals surface area (Å²) in [7, 11) is 0. The maximum atomic E-state index is 11.5. The van der Waals surface area contributed by atoms with Gasteiger partial charge in [0.2, 0.25) is 5.91 Å². The van der Waals surface area contributed by atoms with Gasteiger partial charge in [0.05, 0.1) is 19.6 Å². The third-order valence-corrected chi connectivity index (χ3v) is 2.82. The molecule has 0 fully saturated rings. The van der Waals surface area contributed by atoms with Crippen LogP contribution in [0.1, 0.15) is 24.5 Å². The van der Waals surface area contributed by atoms with E-state index >= 15 is 0 Å². The van der Waals surface area contributed by atoms with E-state index in [4.69, 9.17) is 9.84 Å². The summed E-state index contributed by atoms with van der Waals surface area (Å²) < 4.78 is 5.58. The molecule has 1 aromatic rings. The lowest BCUT2D eigenvalue weighted by Gasteiger charge is -2.12. The Labute approximate surface area is 108 Å². The van der Waals surface area contributed by atoms with E-state index in [1.165, 1.54) is 5.56 Å². The summed E-state index contributed by atoms with van der Waals surface area (Å²) in [5.74, 6) is 0.708. The van der Waals surface area contributed by atoms with Crippen LogP contribution in [0.2, 0.25) is 0 Å². The van der Waals surface area contributed by atoms with Crippen molar-refractivity contribution in [2.75, 3.05) is 13.2 Å². The molecule has 0 unspecified atom stereocenters. The molecule has 0 aliphatic heterocycles. The van der Waals surface area contributed by atoms with Crippen LogP contribution in [0.25, 0.3) is 0 Å². The number of hydrogen-bond donors (Lipinski definition) is 2. The van der Waals surface area contributed by atoms with E-state index in [1.807, 2.05) is 32.0 Å². The zero-order chi connectivity index (χ0) is 13.5. The van der Waals surface area contributed by atoms with E-state index < -0.39 is 0 Å². The van der Waals surface area contributed by atoms with Crippen molar-refractivity contribution in [3.63, 3.8) is 0 Å². The molecule has 0 aliphatic carbocycles. The molecular weight excluding hydrogens is 230 g/mol. The predicted octanol–water partition coefficient (Wildman–Crippen LogP) is 1.57. The summed E-state index contributed by atoms with van der Waals surface area (Å²) in [6, 6.07) is 5.65. The van der Waals surface area contributed by atoms with Crippen LogP contribution >= 0.6 is 0 Å². The second kappa shape index (κ2) is 7.01. The van der Waals surface area contributed by atoms with Crippen molar-refractivity contribution in [1.29, 1.82) is 0 Å². The molecule has 4 nitrogen and oxygen atoms in total. The molecule has 18 heavy (non-hydrogen) atoms. The van der Waals surface area contributed by atoms with Gasteiger partial charge in [-0.2, -0.15) is 0 Å². The van der Waals surface area contributed by atoms with Gasteiger partial charge in [0, 0.05) is 6.04 Å². The second-order valence-corrected chi connectivity index (χ2v) is 4.45. The van der Waals surface area contributed by atoms with Crippen molar-refractivity contribution in [2.45, 2.75) is 33.2 Å². The van der Waals surface area contributed by atoms with Crippen molar-refractivity contribution < 1.29 is 14.6 Å². The third kappa shape index (κ3) is 4.37. The number of amides is 1. The Bertz CT molecular complexity index is 404. The lowest BCUT2D eigenvalue weighted by Crippen LogP contribution is -2.35. The Balaban J connectivity index is 2.38. The predicted molar refractivity (Wildman–Crippen MR) is 70.7 cm³/mol. The Morgan fingerprint density at radius 3 is 2.83 bits per heavy atom. The quantitative estimate of drug-likeness (QED) is 0.807. The van der Waals surface area contributed by atoms with Gasteiger partial charge < -0.3 is 15.2 Å². The van der Waals surface area contributed by atoms with Crippen LogP contribution in [-0.2, 0) is 4.79 Å². The fourth-order valence-electron chi connectivity index (χ4n) is 1.53. The Hall–Kier alpha value is -1.55. The van der Waals surface area contributed by atoms with Crippen LogP contribution in [0.15, 0.2) is 18.2 Å². The smallest absolute Gasteiger partial charge is 0.223 e. The molecule has 4 heteroatoms. The highest BCUT2D eigenvalue weighted by Gasteiger charge is 2.07. The van der Waals surface area contributed by atoms with Gasteiger partial charge >= 0.3 is 0 Å². The van der Waals surface area contributed by atoms with Crippen molar-refractivity contribution >= 4 is 5.91 Å². The summed E-state index contributed by atoms with van der Waals surface area (Å²) in [6.45, 7) is 6.07. The molecule has 1 amide bonds. The molecule has 0 aromatic heterocycles. The normalized spacial score (nSPS) is 12.0. The molecule has 0 radical (unpaired) electrons. The topological polar surface area (TPSA) is 58.6 Å². The van der Waals surface area contributed by atoms with E-state index in [9.17, 15) is 4.79 Å². The van der Waals surface area contributed by atoms with Gasteiger partial charge in [0.1, 0.15) is 5.75 Å². The SMILES string of the molecule is Cc1cccc(OCCC(=O)N[C@@H](C)CO)c1C. The van der Waals surface area contributed by atoms with E-state index in [1.54, 1.807) is 6.92 Å². The first kappa shape index (κ1) is 14.5. The number of aliphatic hydroxyl groups excluding tert-OH is 1.